The molecule has 100 valence electrons. The number of carbonyl (C=O) groups is 1. The summed E-state index contributed by atoms with van der Waals surface area (Å²) in [5.74, 6) is -1.02. The van der Waals surface area contributed by atoms with E-state index >= 15 is 0 Å². The lowest BCUT2D eigenvalue weighted by Crippen LogP contribution is -2.28. The smallest absolute Gasteiger partial charge is 0.337 e. The molecule has 5 nitrogen and oxygen atoms in total. The number of hydrogen-bond acceptors (Lipinski definition) is 4. The number of hydrogen-bond donors (Lipinski definition) is 1. The molecule has 0 amide bonds. The Morgan fingerprint density at radius 1 is 1.47 bits per heavy atom. The van der Waals surface area contributed by atoms with Crippen molar-refractivity contribution in [1.29, 1.82) is 0 Å². The molecule has 2 rings (SSSR count). The van der Waals surface area contributed by atoms with Gasteiger partial charge in [0.15, 0.2) is 0 Å². The molecule has 2 aromatic rings. The van der Waals surface area contributed by atoms with Crippen LogP contribution in [0.4, 0.5) is 0 Å². The van der Waals surface area contributed by atoms with Gasteiger partial charge < -0.3 is 9.67 Å². The fourth-order valence-electron chi connectivity index (χ4n) is 2.25. The zero-order valence-corrected chi connectivity index (χ0v) is 11.7. The number of aromatic nitrogens is 2. The first-order valence-electron chi connectivity index (χ1n) is 5.79. The third-order valence-electron chi connectivity index (χ3n) is 3.10. The van der Waals surface area contributed by atoms with Crippen molar-refractivity contribution in [2.45, 2.75) is 26.8 Å². The second-order valence-corrected chi connectivity index (χ2v) is 5.27. The van der Waals surface area contributed by atoms with E-state index in [4.69, 9.17) is 0 Å². The lowest BCUT2D eigenvalue weighted by atomic mass is 10.1. The van der Waals surface area contributed by atoms with Gasteiger partial charge in [-0.3, -0.25) is 4.79 Å². The molecule has 0 aliphatic rings. The summed E-state index contributed by atoms with van der Waals surface area (Å²) in [6.45, 7) is 5.13. The molecule has 1 atom stereocenters. The maximum atomic E-state index is 12.1. The van der Waals surface area contributed by atoms with Crippen LogP contribution in [0, 0.1) is 13.8 Å². The minimum absolute atomic E-state index is 0.183. The number of pyridine rings is 1. The van der Waals surface area contributed by atoms with Gasteiger partial charge in [-0.1, -0.05) is 0 Å². The Morgan fingerprint density at radius 2 is 2.16 bits per heavy atom. The highest BCUT2D eigenvalue weighted by molar-refractivity contribution is 7.09. The molecule has 0 aliphatic heterocycles. The molecule has 2 aromatic heterocycles. The quantitative estimate of drug-likeness (QED) is 0.934. The van der Waals surface area contributed by atoms with E-state index in [0.29, 0.717) is 11.3 Å². The second kappa shape index (κ2) is 4.97. The highest BCUT2D eigenvalue weighted by Gasteiger charge is 2.20. The summed E-state index contributed by atoms with van der Waals surface area (Å²) in [4.78, 5) is 27.6. The Bertz CT molecular complexity index is 674. The predicted molar refractivity (Wildman–Crippen MR) is 73.1 cm³/mol. The van der Waals surface area contributed by atoms with Crippen LogP contribution in [-0.2, 0) is 0 Å². The van der Waals surface area contributed by atoms with Gasteiger partial charge in [0.2, 0.25) is 0 Å². The molecule has 0 radical (unpaired) electrons. The van der Waals surface area contributed by atoms with Crippen LogP contribution >= 0.6 is 11.3 Å². The molecule has 0 bridgehead atoms. The number of aryl methyl sites for hydroxylation is 1. The monoisotopic (exact) mass is 278 g/mol. The van der Waals surface area contributed by atoms with Crippen molar-refractivity contribution in [3.63, 3.8) is 0 Å². The first kappa shape index (κ1) is 13.5. The number of rotatable bonds is 3. The largest absolute Gasteiger partial charge is 0.478 e. The maximum Gasteiger partial charge on any atom is 0.337 e. The predicted octanol–water partition coefficient (Wildman–Crippen LogP) is 2.23. The first-order chi connectivity index (χ1) is 8.93. The molecule has 0 fully saturated rings. The zero-order chi connectivity index (χ0) is 14.2. The summed E-state index contributed by atoms with van der Waals surface area (Å²) in [7, 11) is 0. The minimum Gasteiger partial charge on any atom is -0.478 e. The maximum absolute atomic E-state index is 12.1. The van der Waals surface area contributed by atoms with Gasteiger partial charge in [-0.15, -0.1) is 11.3 Å². The van der Waals surface area contributed by atoms with E-state index in [1.807, 2.05) is 12.3 Å². The average molecular weight is 278 g/mol. The highest BCUT2D eigenvalue weighted by Crippen LogP contribution is 2.22. The minimum atomic E-state index is -1.02. The van der Waals surface area contributed by atoms with E-state index in [2.05, 4.69) is 4.98 Å². The standard InChI is InChI=1S/C13H14N2O3S/c1-7-6-10(16)15(8(2)11(7)13(17)18)9(3)12-14-4-5-19-12/h4-6,9H,1-3H3,(H,17,18). The zero-order valence-electron chi connectivity index (χ0n) is 10.9. The highest BCUT2D eigenvalue weighted by atomic mass is 32.1. The summed E-state index contributed by atoms with van der Waals surface area (Å²) < 4.78 is 1.48. The number of aromatic carboxylic acids is 1. The Balaban J connectivity index is 2.67. The van der Waals surface area contributed by atoms with Gasteiger partial charge in [0.05, 0.1) is 11.6 Å². The molecular formula is C13H14N2O3S. The second-order valence-electron chi connectivity index (χ2n) is 4.35. The van der Waals surface area contributed by atoms with Gasteiger partial charge in [-0.2, -0.15) is 0 Å². The normalized spacial score (nSPS) is 12.4. The lowest BCUT2D eigenvalue weighted by molar-refractivity contribution is 0.0694. The van der Waals surface area contributed by atoms with Crippen molar-refractivity contribution in [2.75, 3.05) is 0 Å². The molecular weight excluding hydrogens is 264 g/mol. The summed E-state index contributed by atoms with van der Waals surface area (Å²) >= 11 is 1.44. The Kier molecular flexibility index (Phi) is 3.53. The van der Waals surface area contributed by atoms with Crippen molar-refractivity contribution < 1.29 is 9.90 Å². The van der Waals surface area contributed by atoms with E-state index in [-0.39, 0.29) is 17.2 Å². The first-order valence-corrected chi connectivity index (χ1v) is 6.67. The molecule has 0 saturated carbocycles. The van der Waals surface area contributed by atoms with E-state index in [9.17, 15) is 14.7 Å². The molecule has 2 heterocycles. The van der Waals surface area contributed by atoms with E-state index in [1.165, 1.54) is 22.0 Å². The number of carboxylic acids is 1. The third-order valence-corrected chi connectivity index (χ3v) is 4.05. The van der Waals surface area contributed by atoms with E-state index in [0.717, 1.165) is 5.01 Å². The van der Waals surface area contributed by atoms with Crippen molar-refractivity contribution in [1.82, 2.24) is 9.55 Å². The van der Waals surface area contributed by atoms with E-state index in [1.54, 1.807) is 20.0 Å². The van der Waals surface area contributed by atoms with Crippen LogP contribution in [0.1, 0.15) is 39.6 Å². The van der Waals surface area contributed by atoms with Crippen LogP contribution in [0.3, 0.4) is 0 Å². The molecule has 6 heteroatoms. The van der Waals surface area contributed by atoms with Gasteiger partial charge in [0.1, 0.15) is 5.01 Å². The van der Waals surface area contributed by atoms with Crippen LogP contribution < -0.4 is 5.56 Å². The van der Waals surface area contributed by atoms with Crippen LogP contribution in [-0.4, -0.2) is 20.6 Å². The van der Waals surface area contributed by atoms with Gasteiger partial charge in [0.25, 0.3) is 5.56 Å². The number of nitrogens with zero attached hydrogens (tertiary/aromatic N) is 2. The number of carboxylic acid groups (broad SMARTS) is 1. The fraction of sp³-hybridized carbons (Fsp3) is 0.308. The SMILES string of the molecule is Cc1cc(=O)n(C(C)c2nccs2)c(C)c1C(=O)O. The van der Waals surface area contributed by atoms with Crippen molar-refractivity contribution >= 4 is 17.3 Å². The van der Waals surface area contributed by atoms with Crippen LogP contribution in [0.5, 0.6) is 0 Å². The molecule has 1 unspecified atom stereocenters. The van der Waals surface area contributed by atoms with E-state index < -0.39 is 5.97 Å². The summed E-state index contributed by atoms with van der Waals surface area (Å²) in [5, 5.41) is 11.9. The molecule has 19 heavy (non-hydrogen) atoms. The van der Waals surface area contributed by atoms with Crippen molar-refractivity contribution in [2.24, 2.45) is 0 Å². The Morgan fingerprint density at radius 3 is 2.68 bits per heavy atom. The van der Waals surface area contributed by atoms with Crippen LogP contribution in [0.25, 0.3) is 0 Å². The number of thiazole rings is 1. The van der Waals surface area contributed by atoms with Gasteiger partial charge in [0, 0.05) is 23.3 Å². The molecule has 0 spiro atoms. The Labute approximate surface area is 114 Å². The lowest BCUT2D eigenvalue weighted by Gasteiger charge is -2.18. The summed E-state index contributed by atoms with van der Waals surface area (Å²) in [6.07, 6.45) is 1.67. The van der Waals surface area contributed by atoms with Crippen LogP contribution in [0.15, 0.2) is 22.4 Å². The molecule has 1 N–H and O–H groups in total. The Hall–Kier alpha value is -1.95. The molecule has 0 aromatic carbocycles. The van der Waals surface area contributed by atoms with Gasteiger partial charge >= 0.3 is 5.97 Å². The molecule has 0 aliphatic carbocycles. The van der Waals surface area contributed by atoms with Crippen molar-refractivity contribution in [3.8, 4) is 0 Å². The summed E-state index contributed by atoms with van der Waals surface area (Å²) in [5.41, 5.74) is 0.920. The van der Waals surface area contributed by atoms with Gasteiger partial charge in [-0.25, -0.2) is 9.78 Å². The van der Waals surface area contributed by atoms with Crippen molar-refractivity contribution in [3.05, 3.63) is 49.8 Å². The summed E-state index contributed by atoms with van der Waals surface area (Å²) in [6, 6.07) is 1.09. The fourth-order valence-corrected chi connectivity index (χ4v) is 2.94. The molecule has 0 saturated heterocycles. The average Bonchev–Trinajstić information content (AvgIpc) is 2.80. The third kappa shape index (κ3) is 2.31. The van der Waals surface area contributed by atoms with Gasteiger partial charge in [-0.05, 0) is 26.3 Å². The van der Waals surface area contributed by atoms with Crippen LogP contribution in [0.2, 0.25) is 0 Å². The topological polar surface area (TPSA) is 72.2 Å².